The Morgan fingerprint density at radius 1 is 1.29 bits per heavy atom. The van der Waals surface area contributed by atoms with Crippen LogP contribution in [0.2, 0.25) is 0 Å². The zero-order valence-electron chi connectivity index (χ0n) is 11.6. The minimum Gasteiger partial charge on any atom is -0.339 e. The van der Waals surface area contributed by atoms with E-state index in [9.17, 15) is 4.39 Å². The van der Waals surface area contributed by atoms with Crippen molar-refractivity contribution < 1.29 is 8.91 Å². The molecule has 112 valence electrons. The van der Waals surface area contributed by atoms with Crippen LogP contribution in [0.5, 0.6) is 0 Å². The molecule has 2 aromatic rings. The van der Waals surface area contributed by atoms with Crippen LogP contribution in [0.15, 0.2) is 27.2 Å². The summed E-state index contributed by atoms with van der Waals surface area (Å²) < 4.78 is 19.0. The fourth-order valence-corrected chi connectivity index (χ4v) is 3.37. The lowest BCUT2D eigenvalue weighted by Crippen LogP contribution is -2.43. The van der Waals surface area contributed by atoms with Crippen molar-refractivity contribution in [1.29, 1.82) is 0 Å². The third-order valence-corrected chi connectivity index (χ3v) is 4.65. The predicted molar refractivity (Wildman–Crippen MR) is 81.1 cm³/mol. The smallest absolute Gasteiger partial charge is 0.228 e. The maximum atomic E-state index is 13.1. The van der Waals surface area contributed by atoms with E-state index in [2.05, 4.69) is 26.1 Å². The molecule has 6 heteroatoms. The number of aromatic nitrogens is 2. The fraction of sp³-hybridized carbons (Fsp3) is 0.467. The quantitative estimate of drug-likeness (QED) is 0.910. The van der Waals surface area contributed by atoms with E-state index < -0.39 is 0 Å². The third-order valence-electron chi connectivity index (χ3n) is 3.99. The molecule has 0 unspecified atom stereocenters. The molecule has 0 saturated heterocycles. The molecule has 1 aliphatic rings. The van der Waals surface area contributed by atoms with Gasteiger partial charge in [0.25, 0.3) is 0 Å². The van der Waals surface area contributed by atoms with Gasteiger partial charge in [-0.3, -0.25) is 0 Å². The number of benzene rings is 1. The molecule has 0 amide bonds. The maximum absolute atomic E-state index is 13.1. The Morgan fingerprint density at radius 2 is 2.05 bits per heavy atom. The molecule has 0 bridgehead atoms. The van der Waals surface area contributed by atoms with Crippen LogP contribution in [-0.4, -0.2) is 15.7 Å². The second-order valence-electron chi connectivity index (χ2n) is 5.74. The van der Waals surface area contributed by atoms with Gasteiger partial charge in [-0.05, 0) is 47.0 Å². The van der Waals surface area contributed by atoms with E-state index in [4.69, 9.17) is 10.3 Å². The average Bonchev–Trinajstić information content (AvgIpc) is 2.87. The fourth-order valence-electron chi connectivity index (χ4n) is 2.84. The van der Waals surface area contributed by atoms with Gasteiger partial charge in [0.2, 0.25) is 11.7 Å². The lowest BCUT2D eigenvalue weighted by molar-refractivity contribution is 0.261. The van der Waals surface area contributed by atoms with Crippen LogP contribution < -0.4 is 5.73 Å². The number of hydrogen-bond acceptors (Lipinski definition) is 4. The molecule has 2 N–H and O–H groups in total. The van der Waals surface area contributed by atoms with E-state index in [1.54, 1.807) is 6.07 Å². The van der Waals surface area contributed by atoms with Crippen LogP contribution in [-0.2, 0) is 6.42 Å². The van der Waals surface area contributed by atoms with Gasteiger partial charge in [-0.15, -0.1) is 0 Å². The van der Waals surface area contributed by atoms with Gasteiger partial charge in [0.05, 0.1) is 0 Å². The van der Waals surface area contributed by atoms with Gasteiger partial charge in [0.1, 0.15) is 5.82 Å². The van der Waals surface area contributed by atoms with Gasteiger partial charge in [0, 0.05) is 22.0 Å². The first-order valence-electron chi connectivity index (χ1n) is 7.13. The monoisotopic (exact) mass is 353 g/mol. The zero-order chi connectivity index (χ0) is 14.9. The standard InChI is InChI=1S/C15H17BrFN3O/c16-12-8-10(17)4-5-11(12)14-19-13(21-20-14)9-15(18)6-2-1-3-7-15/h4-5,8H,1-3,6-7,9,18H2. The zero-order valence-corrected chi connectivity index (χ0v) is 13.2. The van der Waals surface area contributed by atoms with E-state index in [1.807, 2.05) is 0 Å². The normalized spacial score (nSPS) is 17.9. The van der Waals surface area contributed by atoms with Crippen molar-refractivity contribution >= 4 is 15.9 Å². The summed E-state index contributed by atoms with van der Waals surface area (Å²) in [5, 5.41) is 3.98. The van der Waals surface area contributed by atoms with Crippen molar-refractivity contribution in [2.24, 2.45) is 5.73 Å². The third kappa shape index (κ3) is 3.32. The van der Waals surface area contributed by atoms with Gasteiger partial charge in [-0.2, -0.15) is 4.98 Å². The number of nitrogens with zero attached hydrogens (tertiary/aromatic N) is 2. The van der Waals surface area contributed by atoms with Gasteiger partial charge in [-0.25, -0.2) is 4.39 Å². The largest absolute Gasteiger partial charge is 0.339 e. The van der Waals surface area contributed by atoms with Crippen molar-refractivity contribution in [1.82, 2.24) is 10.1 Å². The lowest BCUT2D eigenvalue weighted by atomic mass is 9.80. The molecule has 0 spiro atoms. The Hall–Kier alpha value is -1.27. The van der Waals surface area contributed by atoms with E-state index in [0.717, 1.165) is 25.7 Å². The lowest BCUT2D eigenvalue weighted by Gasteiger charge is -2.31. The van der Waals surface area contributed by atoms with Gasteiger partial charge in [0.15, 0.2) is 0 Å². The minimum atomic E-state index is -0.308. The average molecular weight is 354 g/mol. The second kappa shape index (κ2) is 5.85. The summed E-state index contributed by atoms with van der Waals surface area (Å²) in [6.07, 6.45) is 6.13. The van der Waals surface area contributed by atoms with E-state index in [-0.39, 0.29) is 11.4 Å². The van der Waals surface area contributed by atoms with Crippen LogP contribution >= 0.6 is 15.9 Å². The Balaban J connectivity index is 1.80. The summed E-state index contributed by atoms with van der Waals surface area (Å²) in [6, 6.07) is 4.39. The van der Waals surface area contributed by atoms with Crippen molar-refractivity contribution in [2.75, 3.05) is 0 Å². The molecular formula is C15H17BrFN3O. The SMILES string of the molecule is NC1(Cc2nc(-c3ccc(F)cc3Br)no2)CCCCC1. The molecule has 1 aromatic heterocycles. The van der Waals surface area contributed by atoms with E-state index in [1.165, 1.54) is 18.6 Å². The molecular weight excluding hydrogens is 337 g/mol. The number of hydrogen-bond donors (Lipinski definition) is 1. The molecule has 21 heavy (non-hydrogen) atoms. The summed E-state index contributed by atoms with van der Waals surface area (Å²) in [5.41, 5.74) is 6.88. The van der Waals surface area contributed by atoms with Gasteiger partial charge >= 0.3 is 0 Å². The van der Waals surface area contributed by atoms with Gasteiger partial charge in [-0.1, -0.05) is 24.4 Å². The van der Waals surface area contributed by atoms with E-state index >= 15 is 0 Å². The van der Waals surface area contributed by atoms with E-state index in [0.29, 0.717) is 28.2 Å². The van der Waals surface area contributed by atoms with Crippen molar-refractivity contribution in [2.45, 2.75) is 44.1 Å². The predicted octanol–water partition coefficient (Wildman–Crippen LogP) is 3.84. The summed E-state index contributed by atoms with van der Waals surface area (Å²) in [5.74, 6) is 0.694. The highest BCUT2D eigenvalue weighted by Gasteiger charge is 2.30. The summed E-state index contributed by atoms with van der Waals surface area (Å²) >= 11 is 3.32. The molecule has 0 aliphatic heterocycles. The Bertz CT molecular complexity index is 638. The molecule has 4 nitrogen and oxygen atoms in total. The molecule has 1 aliphatic carbocycles. The van der Waals surface area contributed by atoms with Gasteiger partial charge < -0.3 is 10.3 Å². The van der Waals surface area contributed by atoms with Crippen LogP contribution in [0.3, 0.4) is 0 Å². The Labute approximate surface area is 131 Å². The highest BCUT2D eigenvalue weighted by Crippen LogP contribution is 2.30. The van der Waals surface area contributed by atoms with Crippen molar-refractivity contribution in [3.05, 3.63) is 34.4 Å². The van der Waals surface area contributed by atoms with Crippen LogP contribution in [0.1, 0.15) is 38.0 Å². The topological polar surface area (TPSA) is 64.9 Å². The number of halogens is 2. The maximum Gasteiger partial charge on any atom is 0.228 e. The van der Waals surface area contributed by atoms with Crippen molar-refractivity contribution in [3.63, 3.8) is 0 Å². The summed E-state index contributed by atoms with van der Waals surface area (Å²) in [6.45, 7) is 0. The molecule has 1 aromatic carbocycles. The highest BCUT2D eigenvalue weighted by atomic mass is 79.9. The Morgan fingerprint density at radius 3 is 2.76 bits per heavy atom. The van der Waals surface area contributed by atoms with Crippen LogP contribution in [0, 0.1) is 5.82 Å². The molecule has 1 fully saturated rings. The molecule has 0 radical (unpaired) electrons. The first kappa shape index (κ1) is 14.7. The highest BCUT2D eigenvalue weighted by molar-refractivity contribution is 9.10. The first-order chi connectivity index (χ1) is 10.1. The summed E-state index contributed by atoms with van der Waals surface area (Å²) in [4.78, 5) is 4.40. The molecule has 1 heterocycles. The minimum absolute atomic E-state index is 0.234. The first-order valence-corrected chi connectivity index (χ1v) is 7.92. The Kier molecular flexibility index (Phi) is 4.08. The molecule has 1 saturated carbocycles. The second-order valence-corrected chi connectivity index (χ2v) is 6.59. The molecule has 0 atom stereocenters. The van der Waals surface area contributed by atoms with Crippen LogP contribution in [0.25, 0.3) is 11.4 Å². The van der Waals surface area contributed by atoms with Crippen LogP contribution in [0.4, 0.5) is 4.39 Å². The number of rotatable bonds is 3. The summed E-state index contributed by atoms with van der Waals surface area (Å²) in [7, 11) is 0. The number of nitrogens with two attached hydrogens (primary N) is 1. The van der Waals surface area contributed by atoms with Crippen molar-refractivity contribution in [3.8, 4) is 11.4 Å². The molecule has 3 rings (SSSR count).